The van der Waals surface area contributed by atoms with E-state index in [1.165, 1.54) is 5.56 Å². The van der Waals surface area contributed by atoms with Crippen LogP contribution in [0.2, 0.25) is 10.0 Å². The average Bonchev–Trinajstić information content (AvgIpc) is 2.88. The molecular weight excluding hydrogens is 515 g/mol. The van der Waals surface area contributed by atoms with Gasteiger partial charge in [0.15, 0.2) is 0 Å². The quantitative estimate of drug-likeness (QED) is 0.335. The molecule has 3 aromatic carbocycles. The number of carbonyl (C=O) groups is 1. The van der Waals surface area contributed by atoms with E-state index in [9.17, 15) is 9.90 Å². The standard InChI is InChI=1S/C29H32Cl2N2O2.ClH/c1-32(29(35)22-11-6-3-7-12-22)27(23-14-15-25(30)26(31)19-23)13-8-17-33-18-16-24(28(34)20-33)21-9-4-2-5-10-21;/h2-7,9-12,14-15,19,24,27-28,34H,8,13,16-18,20H2,1H3;1H/t24-,27?,28+;/m0./s1. The van der Waals surface area contributed by atoms with E-state index in [4.69, 9.17) is 23.2 Å². The van der Waals surface area contributed by atoms with Gasteiger partial charge in [-0.1, -0.05) is 77.8 Å². The van der Waals surface area contributed by atoms with Crippen molar-refractivity contribution in [3.8, 4) is 0 Å². The number of rotatable bonds is 8. The van der Waals surface area contributed by atoms with E-state index in [1.54, 1.807) is 11.0 Å². The highest BCUT2D eigenvalue weighted by Gasteiger charge is 2.29. The summed E-state index contributed by atoms with van der Waals surface area (Å²) >= 11 is 12.5. The Hall–Kier alpha value is -2.08. The molecule has 0 saturated carbocycles. The first-order chi connectivity index (χ1) is 16.9. The number of hydrogen-bond donors (Lipinski definition) is 1. The van der Waals surface area contributed by atoms with Crippen molar-refractivity contribution in [2.45, 2.75) is 37.3 Å². The third-order valence-electron chi connectivity index (χ3n) is 6.98. The lowest BCUT2D eigenvalue weighted by molar-refractivity contribution is 0.0490. The summed E-state index contributed by atoms with van der Waals surface area (Å²) in [6, 6.07) is 25.1. The summed E-state index contributed by atoms with van der Waals surface area (Å²) < 4.78 is 0. The van der Waals surface area contributed by atoms with Crippen LogP contribution in [0.1, 0.15) is 52.7 Å². The topological polar surface area (TPSA) is 43.8 Å². The van der Waals surface area contributed by atoms with E-state index in [0.29, 0.717) is 22.2 Å². The van der Waals surface area contributed by atoms with Crippen LogP contribution in [0.3, 0.4) is 0 Å². The maximum Gasteiger partial charge on any atom is 0.254 e. The van der Waals surface area contributed by atoms with Gasteiger partial charge < -0.3 is 14.9 Å². The zero-order chi connectivity index (χ0) is 24.8. The van der Waals surface area contributed by atoms with Crippen molar-refractivity contribution >= 4 is 41.5 Å². The Morgan fingerprint density at radius 3 is 2.33 bits per heavy atom. The van der Waals surface area contributed by atoms with E-state index >= 15 is 0 Å². The molecule has 1 aliphatic rings. The minimum Gasteiger partial charge on any atom is -0.391 e. The van der Waals surface area contributed by atoms with Gasteiger partial charge in [0.25, 0.3) is 5.91 Å². The maximum atomic E-state index is 13.2. The van der Waals surface area contributed by atoms with Crippen LogP contribution in [-0.2, 0) is 0 Å². The molecule has 192 valence electrons. The Kier molecular flexibility index (Phi) is 10.7. The van der Waals surface area contributed by atoms with Gasteiger partial charge >= 0.3 is 0 Å². The number of carbonyl (C=O) groups excluding carboxylic acids is 1. The van der Waals surface area contributed by atoms with Crippen molar-refractivity contribution in [2.24, 2.45) is 0 Å². The number of piperidine rings is 1. The molecule has 36 heavy (non-hydrogen) atoms. The SMILES string of the molecule is CN(C(=O)c1ccccc1)C(CCCN1CC[C@@H](c2ccccc2)[C@H](O)C1)c1ccc(Cl)c(Cl)c1.Cl. The number of β-amino-alcohol motifs (C(OH)–C–C–N with tert-alkyl or cyclic N) is 1. The molecular formula is C29H33Cl3N2O2. The molecule has 1 unspecified atom stereocenters. The monoisotopic (exact) mass is 546 g/mol. The molecule has 0 spiro atoms. The van der Waals surface area contributed by atoms with Gasteiger partial charge in [-0.25, -0.2) is 0 Å². The number of aliphatic hydroxyl groups excluding tert-OH is 1. The largest absolute Gasteiger partial charge is 0.391 e. The number of hydrogen-bond acceptors (Lipinski definition) is 3. The molecule has 0 radical (unpaired) electrons. The Balaban J connectivity index is 0.00000361. The van der Waals surface area contributed by atoms with E-state index < -0.39 is 0 Å². The van der Waals surface area contributed by atoms with Gasteiger partial charge in [-0.3, -0.25) is 4.79 Å². The predicted molar refractivity (Wildman–Crippen MR) is 150 cm³/mol. The van der Waals surface area contributed by atoms with Crippen LogP contribution >= 0.6 is 35.6 Å². The summed E-state index contributed by atoms with van der Waals surface area (Å²) in [6.07, 6.45) is 2.23. The summed E-state index contributed by atoms with van der Waals surface area (Å²) in [4.78, 5) is 17.3. The van der Waals surface area contributed by atoms with Gasteiger partial charge in [0.05, 0.1) is 22.2 Å². The molecule has 3 aromatic rings. The number of benzene rings is 3. The van der Waals surface area contributed by atoms with Crippen LogP contribution in [0.5, 0.6) is 0 Å². The van der Waals surface area contributed by atoms with Crippen LogP contribution in [0.15, 0.2) is 78.9 Å². The van der Waals surface area contributed by atoms with Gasteiger partial charge in [0.2, 0.25) is 0 Å². The third kappa shape index (κ3) is 7.02. The fourth-order valence-electron chi connectivity index (χ4n) is 5.03. The molecule has 1 heterocycles. The van der Waals surface area contributed by atoms with E-state index in [0.717, 1.165) is 37.9 Å². The van der Waals surface area contributed by atoms with Crippen LogP contribution < -0.4 is 0 Å². The van der Waals surface area contributed by atoms with Gasteiger partial charge in [-0.2, -0.15) is 0 Å². The molecule has 1 N–H and O–H groups in total. The first kappa shape index (κ1) is 28.5. The van der Waals surface area contributed by atoms with Crippen molar-refractivity contribution in [3.63, 3.8) is 0 Å². The van der Waals surface area contributed by atoms with E-state index in [-0.39, 0.29) is 36.4 Å². The summed E-state index contributed by atoms with van der Waals surface area (Å²) in [6.45, 7) is 2.48. The Morgan fingerprint density at radius 1 is 1.03 bits per heavy atom. The number of aliphatic hydroxyl groups is 1. The molecule has 1 fully saturated rings. The normalized spacial score (nSPS) is 18.8. The molecule has 1 aliphatic heterocycles. The molecule has 4 rings (SSSR count). The van der Waals surface area contributed by atoms with Crippen molar-refractivity contribution in [1.82, 2.24) is 9.80 Å². The van der Waals surface area contributed by atoms with Crippen LogP contribution in [0.4, 0.5) is 0 Å². The zero-order valence-electron chi connectivity index (χ0n) is 20.4. The van der Waals surface area contributed by atoms with Crippen LogP contribution in [-0.4, -0.2) is 53.6 Å². The summed E-state index contributed by atoms with van der Waals surface area (Å²) in [5.74, 6) is 0.159. The summed E-state index contributed by atoms with van der Waals surface area (Å²) in [5, 5.41) is 11.8. The van der Waals surface area contributed by atoms with Crippen molar-refractivity contribution in [2.75, 3.05) is 26.7 Å². The smallest absolute Gasteiger partial charge is 0.254 e. The van der Waals surface area contributed by atoms with Crippen molar-refractivity contribution in [3.05, 3.63) is 106 Å². The predicted octanol–water partition coefficient (Wildman–Crippen LogP) is 6.86. The maximum absolute atomic E-state index is 13.2. The van der Waals surface area contributed by atoms with Crippen LogP contribution in [0.25, 0.3) is 0 Å². The summed E-state index contributed by atoms with van der Waals surface area (Å²) in [5.41, 5.74) is 2.83. The molecule has 4 nitrogen and oxygen atoms in total. The fraction of sp³-hybridized carbons (Fsp3) is 0.345. The highest BCUT2D eigenvalue weighted by atomic mass is 35.5. The molecule has 3 atom stereocenters. The van der Waals surface area contributed by atoms with Crippen LogP contribution in [0, 0.1) is 0 Å². The second-order valence-electron chi connectivity index (χ2n) is 9.29. The van der Waals surface area contributed by atoms with Crippen molar-refractivity contribution < 1.29 is 9.90 Å². The second-order valence-corrected chi connectivity index (χ2v) is 10.1. The first-order valence-corrected chi connectivity index (χ1v) is 12.9. The number of amides is 1. The molecule has 1 saturated heterocycles. The lowest BCUT2D eigenvalue weighted by Crippen LogP contribution is -2.43. The molecule has 0 bridgehead atoms. The summed E-state index contributed by atoms with van der Waals surface area (Å²) in [7, 11) is 1.84. The third-order valence-corrected chi connectivity index (χ3v) is 7.72. The molecule has 1 amide bonds. The average molecular weight is 548 g/mol. The van der Waals surface area contributed by atoms with E-state index in [2.05, 4.69) is 17.0 Å². The number of halogens is 3. The lowest BCUT2D eigenvalue weighted by atomic mass is 9.87. The minimum absolute atomic E-state index is 0. The number of likely N-dealkylation sites (tertiary alicyclic amines) is 1. The second kappa shape index (κ2) is 13.5. The van der Waals surface area contributed by atoms with Crippen molar-refractivity contribution in [1.29, 1.82) is 0 Å². The van der Waals surface area contributed by atoms with Gasteiger partial charge in [-0.05, 0) is 67.7 Å². The highest BCUT2D eigenvalue weighted by Crippen LogP contribution is 2.32. The molecule has 0 aliphatic carbocycles. The van der Waals surface area contributed by atoms with Gasteiger partial charge in [0.1, 0.15) is 0 Å². The number of nitrogens with zero attached hydrogens (tertiary/aromatic N) is 2. The Morgan fingerprint density at radius 2 is 1.69 bits per heavy atom. The molecule has 7 heteroatoms. The van der Waals surface area contributed by atoms with E-state index in [1.807, 2.05) is 67.7 Å². The highest BCUT2D eigenvalue weighted by molar-refractivity contribution is 6.42. The molecule has 0 aromatic heterocycles. The van der Waals surface area contributed by atoms with Gasteiger partial charge in [0, 0.05) is 25.1 Å². The first-order valence-electron chi connectivity index (χ1n) is 12.2. The Bertz CT molecular complexity index is 1110. The fourth-order valence-corrected chi connectivity index (χ4v) is 5.33. The Labute approximate surface area is 230 Å². The van der Waals surface area contributed by atoms with Gasteiger partial charge in [-0.15, -0.1) is 12.4 Å². The minimum atomic E-state index is -0.376. The lowest BCUT2D eigenvalue weighted by Gasteiger charge is -2.37. The zero-order valence-corrected chi connectivity index (χ0v) is 22.7.